The number of nitrogen functional groups attached to an aromatic ring is 1. The van der Waals surface area contributed by atoms with Crippen LogP contribution < -0.4 is 5.73 Å². The third-order valence-electron chi connectivity index (χ3n) is 2.77. The molecule has 0 aliphatic carbocycles. The van der Waals surface area contributed by atoms with E-state index in [0.717, 1.165) is 51.3 Å². The molecular formula is C11H18N4O. The lowest BCUT2D eigenvalue weighted by molar-refractivity contribution is 0.0374. The highest BCUT2D eigenvalue weighted by atomic mass is 16.5. The lowest BCUT2D eigenvalue weighted by Crippen LogP contribution is -2.36. The summed E-state index contributed by atoms with van der Waals surface area (Å²) in [6, 6.07) is 0. The maximum absolute atomic E-state index is 5.43. The Labute approximate surface area is 95.6 Å². The summed E-state index contributed by atoms with van der Waals surface area (Å²) in [5.74, 6) is 0.344. The van der Waals surface area contributed by atoms with Crippen LogP contribution in [-0.4, -0.2) is 47.7 Å². The summed E-state index contributed by atoms with van der Waals surface area (Å²) < 4.78 is 5.30. The molecule has 1 aromatic rings. The fourth-order valence-electron chi connectivity index (χ4n) is 1.83. The van der Waals surface area contributed by atoms with E-state index in [1.807, 2.05) is 12.4 Å². The molecular weight excluding hydrogens is 204 g/mol. The van der Waals surface area contributed by atoms with Crippen LogP contribution in [0.1, 0.15) is 12.0 Å². The molecule has 2 heterocycles. The van der Waals surface area contributed by atoms with E-state index < -0.39 is 0 Å². The van der Waals surface area contributed by atoms with Gasteiger partial charge < -0.3 is 10.5 Å². The Hall–Kier alpha value is -1.20. The van der Waals surface area contributed by atoms with Crippen molar-refractivity contribution >= 4 is 5.95 Å². The van der Waals surface area contributed by atoms with Crippen LogP contribution in [0.4, 0.5) is 5.95 Å². The summed E-state index contributed by atoms with van der Waals surface area (Å²) in [6.07, 6.45) is 5.76. The van der Waals surface area contributed by atoms with Gasteiger partial charge in [-0.3, -0.25) is 4.90 Å². The Balaban J connectivity index is 1.69. The molecule has 5 heteroatoms. The summed E-state index contributed by atoms with van der Waals surface area (Å²) >= 11 is 0. The Morgan fingerprint density at radius 2 is 1.94 bits per heavy atom. The molecule has 0 spiro atoms. The van der Waals surface area contributed by atoms with Crippen LogP contribution in [0.25, 0.3) is 0 Å². The summed E-state index contributed by atoms with van der Waals surface area (Å²) in [6.45, 7) is 4.96. The van der Waals surface area contributed by atoms with Gasteiger partial charge in [0.2, 0.25) is 5.95 Å². The molecule has 0 bridgehead atoms. The van der Waals surface area contributed by atoms with Crippen LogP contribution in [0.2, 0.25) is 0 Å². The first-order chi connectivity index (χ1) is 7.84. The van der Waals surface area contributed by atoms with E-state index in [0.29, 0.717) is 5.95 Å². The maximum atomic E-state index is 5.43. The van der Waals surface area contributed by atoms with Gasteiger partial charge in [-0.1, -0.05) is 0 Å². The van der Waals surface area contributed by atoms with Gasteiger partial charge in [-0.15, -0.1) is 0 Å². The third-order valence-corrected chi connectivity index (χ3v) is 2.77. The molecule has 1 aliphatic heterocycles. The number of nitrogens with zero attached hydrogens (tertiary/aromatic N) is 3. The molecule has 0 aromatic carbocycles. The predicted octanol–water partition coefficient (Wildman–Crippen LogP) is 0.324. The molecule has 0 amide bonds. The zero-order chi connectivity index (χ0) is 11.2. The zero-order valence-electron chi connectivity index (χ0n) is 9.43. The lowest BCUT2D eigenvalue weighted by Gasteiger charge is -2.26. The molecule has 0 atom stereocenters. The Morgan fingerprint density at radius 3 is 2.62 bits per heavy atom. The fourth-order valence-corrected chi connectivity index (χ4v) is 1.83. The van der Waals surface area contributed by atoms with Crippen LogP contribution in [0.15, 0.2) is 12.4 Å². The summed E-state index contributed by atoms with van der Waals surface area (Å²) in [5, 5.41) is 0. The predicted molar refractivity (Wildman–Crippen MR) is 62.0 cm³/mol. The molecule has 16 heavy (non-hydrogen) atoms. The van der Waals surface area contributed by atoms with Crippen LogP contribution in [0, 0.1) is 0 Å². The van der Waals surface area contributed by atoms with E-state index in [9.17, 15) is 0 Å². The van der Waals surface area contributed by atoms with Crippen LogP contribution >= 0.6 is 0 Å². The van der Waals surface area contributed by atoms with Crippen molar-refractivity contribution in [1.29, 1.82) is 0 Å². The lowest BCUT2D eigenvalue weighted by atomic mass is 10.2. The van der Waals surface area contributed by atoms with Crippen LogP contribution in [0.5, 0.6) is 0 Å². The van der Waals surface area contributed by atoms with E-state index in [2.05, 4.69) is 14.9 Å². The number of aryl methyl sites for hydroxylation is 1. The number of rotatable bonds is 4. The van der Waals surface area contributed by atoms with Gasteiger partial charge in [0.05, 0.1) is 13.2 Å². The first-order valence-corrected chi connectivity index (χ1v) is 5.71. The second-order valence-electron chi connectivity index (χ2n) is 4.01. The highest BCUT2D eigenvalue weighted by Crippen LogP contribution is 2.04. The topological polar surface area (TPSA) is 64.3 Å². The molecule has 2 rings (SSSR count). The monoisotopic (exact) mass is 222 g/mol. The van der Waals surface area contributed by atoms with Gasteiger partial charge in [-0.05, 0) is 24.9 Å². The molecule has 1 saturated heterocycles. The van der Waals surface area contributed by atoms with Crippen LogP contribution in [0.3, 0.4) is 0 Å². The summed E-state index contributed by atoms with van der Waals surface area (Å²) in [7, 11) is 0. The number of hydrogen-bond donors (Lipinski definition) is 1. The van der Waals surface area contributed by atoms with Gasteiger partial charge in [0, 0.05) is 25.5 Å². The van der Waals surface area contributed by atoms with E-state index in [1.165, 1.54) is 0 Å². The molecule has 0 saturated carbocycles. The second-order valence-corrected chi connectivity index (χ2v) is 4.01. The zero-order valence-corrected chi connectivity index (χ0v) is 9.43. The maximum Gasteiger partial charge on any atom is 0.219 e. The van der Waals surface area contributed by atoms with Crippen molar-refractivity contribution in [2.24, 2.45) is 0 Å². The Bertz CT molecular complexity index is 308. The standard InChI is InChI=1S/C11H18N4O/c12-11-13-8-10(9-14-11)2-1-3-15-4-6-16-7-5-15/h8-9H,1-7H2,(H2,12,13,14). The molecule has 88 valence electrons. The second kappa shape index (κ2) is 5.77. The van der Waals surface area contributed by atoms with Crippen LogP contribution in [-0.2, 0) is 11.2 Å². The first-order valence-electron chi connectivity index (χ1n) is 5.71. The summed E-state index contributed by atoms with van der Waals surface area (Å²) in [4.78, 5) is 10.4. The molecule has 1 aliphatic rings. The van der Waals surface area contributed by atoms with E-state index in [4.69, 9.17) is 10.5 Å². The van der Waals surface area contributed by atoms with Crippen molar-refractivity contribution in [3.63, 3.8) is 0 Å². The molecule has 2 N–H and O–H groups in total. The average Bonchev–Trinajstić information content (AvgIpc) is 2.33. The Morgan fingerprint density at radius 1 is 1.25 bits per heavy atom. The van der Waals surface area contributed by atoms with Crippen molar-refractivity contribution in [3.05, 3.63) is 18.0 Å². The number of aromatic nitrogens is 2. The normalized spacial score (nSPS) is 17.5. The van der Waals surface area contributed by atoms with Gasteiger partial charge in [0.15, 0.2) is 0 Å². The molecule has 0 radical (unpaired) electrons. The minimum Gasteiger partial charge on any atom is -0.379 e. The van der Waals surface area contributed by atoms with Gasteiger partial charge in [-0.2, -0.15) is 0 Å². The van der Waals surface area contributed by atoms with E-state index >= 15 is 0 Å². The van der Waals surface area contributed by atoms with Gasteiger partial charge in [0.25, 0.3) is 0 Å². The quantitative estimate of drug-likeness (QED) is 0.795. The smallest absolute Gasteiger partial charge is 0.219 e. The SMILES string of the molecule is Nc1ncc(CCCN2CCOCC2)cn1. The Kier molecular flexibility index (Phi) is 4.07. The van der Waals surface area contributed by atoms with Crippen molar-refractivity contribution in [1.82, 2.24) is 14.9 Å². The average molecular weight is 222 g/mol. The highest BCUT2D eigenvalue weighted by Gasteiger charge is 2.09. The van der Waals surface area contributed by atoms with Crippen molar-refractivity contribution < 1.29 is 4.74 Å². The minimum atomic E-state index is 0.344. The number of ether oxygens (including phenoxy) is 1. The van der Waals surface area contributed by atoms with Crippen molar-refractivity contribution in [2.75, 3.05) is 38.6 Å². The largest absolute Gasteiger partial charge is 0.379 e. The molecule has 1 aromatic heterocycles. The number of morpholine rings is 1. The summed E-state index contributed by atoms with van der Waals surface area (Å²) in [5.41, 5.74) is 6.58. The number of hydrogen-bond acceptors (Lipinski definition) is 5. The van der Waals surface area contributed by atoms with Crippen molar-refractivity contribution in [2.45, 2.75) is 12.8 Å². The highest BCUT2D eigenvalue weighted by molar-refractivity contribution is 5.17. The third kappa shape index (κ3) is 3.43. The van der Waals surface area contributed by atoms with Crippen molar-refractivity contribution in [3.8, 4) is 0 Å². The molecule has 1 fully saturated rings. The fraction of sp³-hybridized carbons (Fsp3) is 0.636. The number of nitrogens with two attached hydrogens (primary N) is 1. The van der Waals surface area contributed by atoms with E-state index in [-0.39, 0.29) is 0 Å². The van der Waals surface area contributed by atoms with Gasteiger partial charge in [0.1, 0.15) is 0 Å². The van der Waals surface area contributed by atoms with Gasteiger partial charge >= 0.3 is 0 Å². The van der Waals surface area contributed by atoms with Gasteiger partial charge in [-0.25, -0.2) is 9.97 Å². The molecule has 5 nitrogen and oxygen atoms in total. The molecule has 0 unspecified atom stereocenters. The number of anilines is 1. The minimum absolute atomic E-state index is 0.344. The van der Waals surface area contributed by atoms with E-state index in [1.54, 1.807) is 0 Å². The first kappa shape index (κ1) is 11.3.